The maximum atomic E-state index is 12.1. The van der Waals surface area contributed by atoms with Crippen molar-refractivity contribution in [3.63, 3.8) is 0 Å². The molecule has 3 N–H and O–H groups in total. The second-order valence-electron chi connectivity index (χ2n) is 4.65. The fraction of sp³-hybridized carbons (Fsp3) is 0.286. The normalized spacial score (nSPS) is 10.6. The van der Waals surface area contributed by atoms with Gasteiger partial charge in [0.15, 0.2) is 0 Å². The van der Waals surface area contributed by atoms with Crippen LogP contribution >= 0.6 is 11.5 Å². The molecule has 0 unspecified atom stereocenters. The Morgan fingerprint density at radius 3 is 2.50 bits per heavy atom. The lowest BCUT2D eigenvalue weighted by atomic mass is 10.2. The second-order valence-corrected chi connectivity index (χ2v) is 5.46. The third kappa shape index (κ3) is 3.27. The van der Waals surface area contributed by atoms with Gasteiger partial charge >= 0.3 is 0 Å². The summed E-state index contributed by atoms with van der Waals surface area (Å²) in [5.74, 6) is 0.525. The molecular formula is C14H17N3O2S. The number of nitrogen functional groups attached to an aromatic ring is 1. The quantitative estimate of drug-likeness (QED) is 0.907. The predicted octanol–water partition coefficient (Wildman–Crippen LogP) is 3.07. The van der Waals surface area contributed by atoms with Crippen LogP contribution in [0.4, 0.5) is 10.7 Å². The summed E-state index contributed by atoms with van der Waals surface area (Å²) in [6, 6.07) is 7.22. The van der Waals surface area contributed by atoms with Crippen LogP contribution in [0.5, 0.6) is 5.75 Å². The number of aryl methyl sites for hydroxylation is 1. The number of nitrogens with two attached hydrogens (primary N) is 1. The molecule has 0 aliphatic heterocycles. The molecule has 6 heteroatoms. The molecule has 2 aromatic rings. The maximum absolute atomic E-state index is 12.1. The fourth-order valence-electron chi connectivity index (χ4n) is 1.75. The maximum Gasteiger partial charge on any atom is 0.260 e. The highest BCUT2D eigenvalue weighted by Gasteiger charge is 2.16. The van der Waals surface area contributed by atoms with Gasteiger partial charge in [0.25, 0.3) is 5.91 Å². The van der Waals surface area contributed by atoms with Gasteiger partial charge in [-0.05, 0) is 56.6 Å². The van der Waals surface area contributed by atoms with Crippen LogP contribution in [-0.4, -0.2) is 16.4 Å². The molecule has 0 radical (unpaired) electrons. The van der Waals surface area contributed by atoms with E-state index in [4.69, 9.17) is 10.5 Å². The minimum Gasteiger partial charge on any atom is -0.491 e. The van der Waals surface area contributed by atoms with Crippen LogP contribution in [0.3, 0.4) is 0 Å². The van der Waals surface area contributed by atoms with E-state index in [1.54, 1.807) is 19.1 Å². The van der Waals surface area contributed by atoms with Gasteiger partial charge in [-0.3, -0.25) is 4.79 Å². The molecule has 1 aromatic carbocycles. The Bertz CT molecular complexity index is 586. The molecule has 0 aliphatic rings. The lowest BCUT2D eigenvalue weighted by Gasteiger charge is -2.10. The Labute approximate surface area is 121 Å². The Balaban J connectivity index is 2.09. The van der Waals surface area contributed by atoms with E-state index in [1.165, 1.54) is 0 Å². The Morgan fingerprint density at radius 2 is 2.00 bits per heavy atom. The van der Waals surface area contributed by atoms with E-state index >= 15 is 0 Å². The topological polar surface area (TPSA) is 77.2 Å². The van der Waals surface area contributed by atoms with Crippen molar-refractivity contribution in [1.29, 1.82) is 0 Å². The molecule has 1 amide bonds. The van der Waals surface area contributed by atoms with E-state index in [0.717, 1.165) is 17.3 Å². The predicted molar refractivity (Wildman–Crippen MR) is 81.4 cm³/mol. The van der Waals surface area contributed by atoms with Crippen LogP contribution in [0.1, 0.15) is 29.9 Å². The number of amides is 1. The van der Waals surface area contributed by atoms with Gasteiger partial charge in [-0.1, -0.05) is 0 Å². The molecule has 0 aliphatic carbocycles. The van der Waals surface area contributed by atoms with Crippen LogP contribution in [0.25, 0.3) is 0 Å². The molecule has 0 fully saturated rings. The third-order valence-electron chi connectivity index (χ3n) is 2.60. The van der Waals surface area contributed by atoms with Gasteiger partial charge < -0.3 is 15.8 Å². The van der Waals surface area contributed by atoms with Gasteiger partial charge in [0.2, 0.25) is 0 Å². The van der Waals surface area contributed by atoms with Gasteiger partial charge in [0.1, 0.15) is 10.8 Å². The Kier molecular flexibility index (Phi) is 4.24. The zero-order valence-electron chi connectivity index (χ0n) is 11.6. The van der Waals surface area contributed by atoms with Crippen LogP contribution in [0, 0.1) is 6.92 Å². The van der Waals surface area contributed by atoms with Crippen LogP contribution < -0.4 is 15.8 Å². The standard InChI is InChI=1S/C14H17N3O2S/c1-8(2)19-11-6-4-10(5-7-11)16-14(18)12-9(3)17-20-13(12)15/h4-8H,15H2,1-3H3,(H,16,18). The van der Waals surface area contributed by atoms with Crippen molar-refractivity contribution in [1.82, 2.24) is 4.37 Å². The number of rotatable bonds is 4. The van der Waals surface area contributed by atoms with Crippen molar-refractivity contribution in [2.24, 2.45) is 0 Å². The average molecular weight is 291 g/mol. The van der Waals surface area contributed by atoms with E-state index in [9.17, 15) is 4.79 Å². The number of hydrogen-bond donors (Lipinski definition) is 2. The SMILES string of the molecule is Cc1nsc(N)c1C(=O)Nc1ccc(OC(C)C)cc1. The average Bonchev–Trinajstić information content (AvgIpc) is 2.71. The number of nitrogens with one attached hydrogen (secondary N) is 1. The van der Waals surface area contributed by atoms with E-state index in [2.05, 4.69) is 9.69 Å². The first kappa shape index (κ1) is 14.3. The number of anilines is 2. The first-order valence-electron chi connectivity index (χ1n) is 6.27. The minimum atomic E-state index is -0.244. The van der Waals surface area contributed by atoms with E-state index in [1.807, 2.05) is 26.0 Å². The number of benzene rings is 1. The molecule has 0 saturated heterocycles. The molecule has 2 rings (SSSR count). The summed E-state index contributed by atoms with van der Waals surface area (Å²) in [4.78, 5) is 12.1. The molecule has 0 bridgehead atoms. The summed E-state index contributed by atoms with van der Waals surface area (Å²) >= 11 is 1.13. The summed E-state index contributed by atoms with van der Waals surface area (Å²) in [5, 5.41) is 3.23. The third-order valence-corrected chi connectivity index (χ3v) is 3.37. The molecule has 1 heterocycles. The first-order valence-corrected chi connectivity index (χ1v) is 7.04. The number of hydrogen-bond acceptors (Lipinski definition) is 5. The zero-order valence-corrected chi connectivity index (χ0v) is 12.5. The van der Waals surface area contributed by atoms with Gasteiger partial charge in [-0.15, -0.1) is 0 Å². The van der Waals surface area contributed by atoms with Gasteiger partial charge in [-0.2, -0.15) is 4.37 Å². The summed E-state index contributed by atoms with van der Waals surface area (Å²) < 4.78 is 9.61. The van der Waals surface area contributed by atoms with Gasteiger partial charge in [0.05, 0.1) is 17.4 Å². The highest BCUT2D eigenvalue weighted by Crippen LogP contribution is 2.23. The van der Waals surface area contributed by atoms with Crippen molar-refractivity contribution in [3.8, 4) is 5.75 Å². The zero-order chi connectivity index (χ0) is 14.7. The molecule has 0 saturated carbocycles. The number of ether oxygens (including phenoxy) is 1. The van der Waals surface area contributed by atoms with Crippen molar-refractivity contribution in [3.05, 3.63) is 35.5 Å². The molecule has 20 heavy (non-hydrogen) atoms. The summed E-state index contributed by atoms with van der Waals surface area (Å²) in [7, 11) is 0. The highest BCUT2D eigenvalue weighted by molar-refractivity contribution is 7.10. The highest BCUT2D eigenvalue weighted by atomic mass is 32.1. The summed E-state index contributed by atoms with van der Waals surface area (Å²) in [5.41, 5.74) is 7.53. The largest absolute Gasteiger partial charge is 0.491 e. The lowest BCUT2D eigenvalue weighted by molar-refractivity contribution is 0.102. The van der Waals surface area contributed by atoms with E-state index in [0.29, 0.717) is 21.9 Å². The van der Waals surface area contributed by atoms with E-state index < -0.39 is 0 Å². The molecule has 1 aromatic heterocycles. The van der Waals surface area contributed by atoms with Crippen LogP contribution in [0.2, 0.25) is 0 Å². The van der Waals surface area contributed by atoms with Gasteiger partial charge in [-0.25, -0.2) is 0 Å². The molecule has 106 valence electrons. The Hall–Kier alpha value is -2.08. The molecule has 5 nitrogen and oxygen atoms in total. The molecule has 0 spiro atoms. The summed E-state index contributed by atoms with van der Waals surface area (Å²) in [6.45, 7) is 5.69. The van der Waals surface area contributed by atoms with Crippen LogP contribution in [-0.2, 0) is 0 Å². The smallest absolute Gasteiger partial charge is 0.260 e. The number of nitrogens with zero attached hydrogens (tertiary/aromatic N) is 1. The lowest BCUT2D eigenvalue weighted by Crippen LogP contribution is -2.14. The van der Waals surface area contributed by atoms with Crippen LogP contribution in [0.15, 0.2) is 24.3 Å². The van der Waals surface area contributed by atoms with Crippen molar-refractivity contribution in [2.75, 3.05) is 11.1 Å². The summed E-state index contributed by atoms with van der Waals surface area (Å²) in [6.07, 6.45) is 0.120. The number of carbonyl (C=O) groups is 1. The van der Waals surface area contributed by atoms with Gasteiger partial charge in [0, 0.05) is 5.69 Å². The first-order chi connectivity index (χ1) is 9.47. The number of aromatic nitrogens is 1. The second kappa shape index (κ2) is 5.92. The van der Waals surface area contributed by atoms with Crippen molar-refractivity contribution in [2.45, 2.75) is 26.9 Å². The monoisotopic (exact) mass is 291 g/mol. The van der Waals surface area contributed by atoms with E-state index in [-0.39, 0.29) is 12.0 Å². The Morgan fingerprint density at radius 1 is 1.35 bits per heavy atom. The van der Waals surface area contributed by atoms with Crippen molar-refractivity contribution < 1.29 is 9.53 Å². The minimum absolute atomic E-state index is 0.120. The molecule has 0 atom stereocenters. The van der Waals surface area contributed by atoms with Crippen molar-refractivity contribution >= 4 is 28.1 Å². The number of carbonyl (C=O) groups excluding carboxylic acids is 1. The fourth-order valence-corrected chi connectivity index (χ4v) is 2.40. The molecular weight excluding hydrogens is 274 g/mol.